The number of amides is 1. The lowest BCUT2D eigenvalue weighted by Gasteiger charge is -2.40. The summed E-state index contributed by atoms with van der Waals surface area (Å²) in [5.41, 5.74) is 8.86. The van der Waals surface area contributed by atoms with Crippen LogP contribution >= 0.6 is 0 Å². The van der Waals surface area contributed by atoms with E-state index in [1.165, 1.54) is 0 Å². The van der Waals surface area contributed by atoms with E-state index < -0.39 is 43.8 Å². The fraction of sp³-hybridized carbons (Fsp3) is 0.882. The number of hydrogen-bond donors (Lipinski definition) is 2. The van der Waals surface area contributed by atoms with Crippen molar-refractivity contribution < 1.29 is 27.3 Å². The molecule has 0 aromatic rings. The van der Waals surface area contributed by atoms with Crippen molar-refractivity contribution in [2.45, 2.75) is 98.0 Å². The largest absolute Gasteiger partial charge is 0.752 e. The maximum absolute atomic E-state index is 12.5. The molecule has 0 unspecified atom stereocenters. The SMILES string of the molecule is CC(C)(C)O[Si](OC(=O)[C@@H](N)CCC(N)=O)(OC(C)(C)C)OC(C)(C)C. The van der Waals surface area contributed by atoms with Crippen LogP contribution in [0.15, 0.2) is 0 Å². The van der Waals surface area contributed by atoms with Gasteiger partial charge in [0.15, 0.2) is 0 Å². The molecular weight excluding hydrogens is 356 g/mol. The second-order valence-corrected chi connectivity index (χ2v) is 11.0. The molecule has 0 aromatic carbocycles. The molecule has 0 spiro atoms. The van der Waals surface area contributed by atoms with Gasteiger partial charge in [0.05, 0.1) is 16.8 Å². The summed E-state index contributed by atoms with van der Waals surface area (Å²) in [6, 6.07) is -1.04. The van der Waals surface area contributed by atoms with E-state index in [1.54, 1.807) is 0 Å². The summed E-state index contributed by atoms with van der Waals surface area (Å²) < 4.78 is 23.7. The predicted molar refractivity (Wildman–Crippen MR) is 101 cm³/mol. The Labute approximate surface area is 158 Å². The molecule has 0 aromatic heterocycles. The van der Waals surface area contributed by atoms with Crippen LogP contribution in [0.5, 0.6) is 0 Å². The smallest absolute Gasteiger partial charge is 0.451 e. The van der Waals surface area contributed by atoms with Gasteiger partial charge in [0, 0.05) is 6.42 Å². The molecule has 0 saturated heterocycles. The fourth-order valence-electron chi connectivity index (χ4n) is 1.86. The average Bonchev–Trinajstić information content (AvgIpc) is 2.28. The highest BCUT2D eigenvalue weighted by Crippen LogP contribution is 2.30. The zero-order valence-corrected chi connectivity index (χ0v) is 18.6. The summed E-state index contributed by atoms with van der Waals surface area (Å²) in [5, 5.41) is 0. The van der Waals surface area contributed by atoms with E-state index in [1.807, 2.05) is 62.3 Å². The third-order valence-corrected chi connectivity index (χ3v) is 5.56. The Morgan fingerprint density at radius 2 is 1.19 bits per heavy atom. The summed E-state index contributed by atoms with van der Waals surface area (Å²) in [7, 11) is -3.93. The van der Waals surface area contributed by atoms with E-state index in [0.717, 1.165) is 0 Å². The van der Waals surface area contributed by atoms with E-state index >= 15 is 0 Å². The second kappa shape index (κ2) is 8.79. The summed E-state index contributed by atoms with van der Waals surface area (Å²) in [5.74, 6) is -1.30. The molecule has 1 amide bonds. The molecule has 26 heavy (non-hydrogen) atoms. The minimum Gasteiger partial charge on any atom is -0.451 e. The third-order valence-electron chi connectivity index (χ3n) is 2.52. The molecule has 9 heteroatoms. The minimum absolute atomic E-state index is 0.0226. The number of rotatable bonds is 8. The van der Waals surface area contributed by atoms with Crippen molar-refractivity contribution in [1.29, 1.82) is 0 Å². The molecule has 0 aliphatic heterocycles. The van der Waals surface area contributed by atoms with Crippen molar-refractivity contribution in [2.24, 2.45) is 11.5 Å². The number of carbonyl (C=O) groups is 2. The lowest BCUT2D eigenvalue weighted by molar-refractivity contribution is -0.163. The molecule has 154 valence electrons. The molecule has 0 heterocycles. The highest BCUT2D eigenvalue weighted by atomic mass is 28.4. The first-order valence-corrected chi connectivity index (χ1v) is 10.3. The van der Waals surface area contributed by atoms with Gasteiger partial charge in [-0.2, -0.15) is 0 Å². The first-order valence-electron chi connectivity index (χ1n) is 8.71. The number of carbonyl (C=O) groups excluding carboxylic acids is 2. The number of primary amides is 1. The van der Waals surface area contributed by atoms with Gasteiger partial charge in [-0.05, 0) is 68.7 Å². The molecular formula is C17H36N2O6Si. The van der Waals surface area contributed by atoms with Crippen LogP contribution in [0.25, 0.3) is 0 Å². The van der Waals surface area contributed by atoms with Gasteiger partial charge in [0.25, 0.3) is 0 Å². The molecule has 0 bridgehead atoms. The molecule has 1 atom stereocenters. The Kier molecular flexibility index (Phi) is 8.45. The van der Waals surface area contributed by atoms with Crippen LogP contribution in [0.4, 0.5) is 0 Å². The van der Waals surface area contributed by atoms with Crippen LogP contribution in [0, 0.1) is 0 Å². The lowest BCUT2D eigenvalue weighted by Crippen LogP contribution is -2.61. The number of nitrogens with two attached hydrogens (primary N) is 2. The Hall–Kier alpha value is -1.00. The maximum atomic E-state index is 12.5. The van der Waals surface area contributed by atoms with Gasteiger partial charge >= 0.3 is 15.0 Å². The molecule has 0 rings (SSSR count). The van der Waals surface area contributed by atoms with E-state index in [4.69, 9.17) is 29.2 Å². The summed E-state index contributed by atoms with van der Waals surface area (Å²) in [6.45, 7) is 16.3. The van der Waals surface area contributed by atoms with Crippen molar-refractivity contribution in [3.05, 3.63) is 0 Å². The summed E-state index contributed by atoms with van der Waals surface area (Å²) >= 11 is 0. The van der Waals surface area contributed by atoms with E-state index in [-0.39, 0.29) is 12.8 Å². The topological polar surface area (TPSA) is 123 Å². The van der Waals surface area contributed by atoms with E-state index in [2.05, 4.69) is 0 Å². The van der Waals surface area contributed by atoms with Crippen molar-refractivity contribution in [3.63, 3.8) is 0 Å². The van der Waals surface area contributed by atoms with Crippen molar-refractivity contribution in [1.82, 2.24) is 0 Å². The van der Waals surface area contributed by atoms with Gasteiger partial charge in [0.1, 0.15) is 6.04 Å². The van der Waals surface area contributed by atoms with Gasteiger partial charge in [-0.1, -0.05) is 0 Å². The molecule has 0 aliphatic rings. The first-order chi connectivity index (χ1) is 11.3. The van der Waals surface area contributed by atoms with Gasteiger partial charge in [-0.25, -0.2) is 0 Å². The zero-order valence-electron chi connectivity index (χ0n) is 17.6. The molecule has 4 N–H and O–H groups in total. The zero-order chi connectivity index (χ0) is 21.0. The van der Waals surface area contributed by atoms with Crippen LogP contribution in [0.2, 0.25) is 0 Å². The van der Waals surface area contributed by atoms with Crippen LogP contribution in [-0.2, 0) is 27.3 Å². The molecule has 0 fully saturated rings. The van der Waals surface area contributed by atoms with Gasteiger partial charge < -0.3 is 29.2 Å². The molecule has 0 radical (unpaired) electrons. The Morgan fingerprint density at radius 1 is 0.846 bits per heavy atom. The van der Waals surface area contributed by atoms with Crippen LogP contribution in [-0.4, -0.2) is 43.8 Å². The van der Waals surface area contributed by atoms with E-state index in [0.29, 0.717) is 0 Å². The minimum atomic E-state index is -3.93. The molecule has 8 nitrogen and oxygen atoms in total. The Balaban J connectivity index is 5.69. The van der Waals surface area contributed by atoms with Crippen LogP contribution < -0.4 is 11.5 Å². The summed E-state index contributed by atoms with van der Waals surface area (Å²) in [4.78, 5) is 23.4. The van der Waals surface area contributed by atoms with Crippen LogP contribution in [0.1, 0.15) is 75.2 Å². The van der Waals surface area contributed by atoms with Gasteiger partial charge in [-0.15, -0.1) is 0 Å². The monoisotopic (exact) mass is 392 g/mol. The van der Waals surface area contributed by atoms with Gasteiger partial charge in [0.2, 0.25) is 5.91 Å². The van der Waals surface area contributed by atoms with Crippen molar-refractivity contribution >= 4 is 20.9 Å². The maximum Gasteiger partial charge on any atom is 0.752 e. The van der Waals surface area contributed by atoms with Crippen molar-refractivity contribution in [2.75, 3.05) is 0 Å². The lowest BCUT2D eigenvalue weighted by atomic mass is 10.2. The number of hydrogen-bond acceptors (Lipinski definition) is 7. The Bertz CT molecular complexity index is 450. The fourth-order valence-corrected chi connectivity index (χ4v) is 4.76. The standard InChI is InChI=1S/C17H36N2O6Si/c1-15(2,3)23-26(24-16(4,5)6,25-17(7,8)9)22-14(21)12(18)10-11-13(19)20/h12H,10-11,18H2,1-9H3,(H2,19,20)/t12-/m0/s1. The molecule has 0 saturated carbocycles. The highest BCUT2D eigenvalue weighted by molar-refractivity contribution is 6.56. The third kappa shape index (κ3) is 11.6. The first kappa shape index (κ1) is 25.0. The normalized spacial score (nSPS) is 14.8. The van der Waals surface area contributed by atoms with E-state index in [9.17, 15) is 9.59 Å². The van der Waals surface area contributed by atoms with Crippen molar-refractivity contribution in [3.8, 4) is 0 Å². The predicted octanol–water partition coefficient (Wildman–Crippen LogP) is 2.00. The molecule has 0 aliphatic carbocycles. The van der Waals surface area contributed by atoms with Crippen LogP contribution in [0.3, 0.4) is 0 Å². The van der Waals surface area contributed by atoms with Gasteiger partial charge in [-0.3, -0.25) is 9.59 Å². The summed E-state index contributed by atoms with van der Waals surface area (Å²) in [6.07, 6.45) is 0.0460. The highest BCUT2D eigenvalue weighted by Gasteiger charge is 2.58. The average molecular weight is 393 g/mol. The Morgan fingerprint density at radius 3 is 1.46 bits per heavy atom. The quantitative estimate of drug-likeness (QED) is 0.606. The second-order valence-electron chi connectivity index (χ2n) is 9.18.